The largest absolute Gasteiger partial charge is 0.508 e. The van der Waals surface area contributed by atoms with Gasteiger partial charge in [-0.25, -0.2) is 4.90 Å². The van der Waals surface area contributed by atoms with Crippen LogP contribution in [0.2, 0.25) is 0 Å². The fourth-order valence-electron chi connectivity index (χ4n) is 3.47. The molecule has 0 saturated carbocycles. The van der Waals surface area contributed by atoms with E-state index in [0.717, 1.165) is 16.0 Å². The second-order valence-electron chi connectivity index (χ2n) is 10.3. The van der Waals surface area contributed by atoms with Gasteiger partial charge in [0.2, 0.25) is 0 Å². The van der Waals surface area contributed by atoms with E-state index in [9.17, 15) is 19.8 Å². The predicted octanol–water partition coefficient (Wildman–Crippen LogP) is 6.18. The minimum Gasteiger partial charge on any atom is -0.508 e. The fourth-order valence-corrected chi connectivity index (χ4v) is 3.47. The number of benzene rings is 3. The van der Waals surface area contributed by atoms with E-state index >= 15 is 0 Å². The Morgan fingerprint density at radius 3 is 1.36 bits per heavy atom. The van der Waals surface area contributed by atoms with Crippen LogP contribution in [0, 0.1) is 0 Å². The lowest BCUT2D eigenvalue weighted by Gasteiger charge is -2.29. The van der Waals surface area contributed by atoms with Crippen LogP contribution in [0.15, 0.2) is 66.7 Å². The van der Waals surface area contributed by atoms with Gasteiger partial charge in [-0.15, -0.1) is 0 Å². The Bertz CT molecular complexity index is 1110. The average Bonchev–Trinajstić information content (AvgIpc) is 2.72. The molecule has 0 aliphatic rings. The molecular formula is C28H31NO4. The summed E-state index contributed by atoms with van der Waals surface area (Å²) < 4.78 is 0. The second kappa shape index (κ2) is 8.74. The molecule has 0 aliphatic heterocycles. The third kappa shape index (κ3) is 5.43. The highest BCUT2D eigenvalue weighted by Crippen LogP contribution is 2.34. The number of imide groups is 1. The Hall–Kier alpha value is -3.60. The summed E-state index contributed by atoms with van der Waals surface area (Å²) in [7, 11) is 0. The summed E-state index contributed by atoms with van der Waals surface area (Å²) in [6.45, 7) is 12.5. The molecule has 0 atom stereocenters. The maximum Gasteiger partial charge on any atom is 0.265 e. The van der Waals surface area contributed by atoms with Gasteiger partial charge in [0.25, 0.3) is 11.8 Å². The number of nitrogens with zero attached hydrogens (tertiary/aromatic N) is 1. The second-order valence-corrected chi connectivity index (χ2v) is 10.3. The minimum atomic E-state index is -0.565. The number of carbonyl (C=O) groups is 2. The van der Waals surface area contributed by atoms with Gasteiger partial charge in [-0.1, -0.05) is 59.7 Å². The molecule has 0 spiro atoms. The maximum atomic E-state index is 13.7. The van der Waals surface area contributed by atoms with Gasteiger partial charge in [-0.2, -0.15) is 0 Å². The molecule has 0 fully saturated rings. The number of phenolic OH excluding ortho intramolecular Hbond substituents is 2. The van der Waals surface area contributed by atoms with Crippen molar-refractivity contribution in [1.82, 2.24) is 0 Å². The van der Waals surface area contributed by atoms with E-state index in [-0.39, 0.29) is 33.5 Å². The monoisotopic (exact) mass is 445 g/mol. The van der Waals surface area contributed by atoms with Crippen molar-refractivity contribution in [3.05, 3.63) is 89.0 Å². The zero-order valence-electron chi connectivity index (χ0n) is 20.0. The summed E-state index contributed by atoms with van der Waals surface area (Å²) in [5.41, 5.74) is 2.34. The number of phenols is 2. The molecule has 0 aliphatic carbocycles. The van der Waals surface area contributed by atoms with E-state index in [2.05, 4.69) is 47.6 Å². The van der Waals surface area contributed by atoms with Gasteiger partial charge in [0.1, 0.15) is 11.5 Å². The number of carbonyl (C=O) groups excluding carboxylic acids is 2. The first-order valence-electron chi connectivity index (χ1n) is 10.9. The quantitative estimate of drug-likeness (QED) is 0.472. The molecule has 0 bridgehead atoms. The zero-order chi connectivity index (χ0) is 24.6. The SMILES string of the molecule is CC(C)(C)c1cc(N(C(=O)c2cccc(O)c2)C(=O)c2cccc(O)c2)cc(C(C)(C)C)c1. The van der Waals surface area contributed by atoms with Crippen LogP contribution in [-0.4, -0.2) is 22.0 Å². The van der Waals surface area contributed by atoms with Gasteiger partial charge in [0.15, 0.2) is 0 Å². The molecule has 5 heteroatoms. The first-order chi connectivity index (χ1) is 15.3. The van der Waals surface area contributed by atoms with Crippen molar-refractivity contribution < 1.29 is 19.8 Å². The summed E-state index contributed by atoms with van der Waals surface area (Å²) in [6, 6.07) is 17.7. The highest BCUT2D eigenvalue weighted by atomic mass is 16.3. The van der Waals surface area contributed by atoms with Crippen molar-refractivity contribution in [3.63, 3.8) is 0 Å². The first-order valence-corrected chi connectivity index (χ1v) is 10.9. The van der Waals surface area contributed by atoms with Crippen LogP contribution in [-0.2, 0) is 10.8 Å². The topological polar surface area (TPSA) is 77.8 Å². The Morgan fingerprint density at radius 2 is 1.03 bits per heavy atom. The van der Waals surface area contributed by atoms with Crippen molar-refractivity contribution in [2.75, 3.05) is 4.90 Å². The van der Waals surface area contributed by atoms with E-state index in [1.165, 1.54) is 24.3 Å². The smallest absolute Gasteiger partial charge is 0.265 e. The van der Waals surface area contributed by atoms with Gasteiger partial charge in [-0.3, -0.25) is 9.59 Å². The molecule has 3 aromatic carbocycles. The summed E-state index contributed by atoms with van der Waals surface area (Å²) in [5.74, 6) is -1.26. The van der Waals surface area contributed by atoms with E-state index in [4.69, 9.17) is 0 Å². The molecule has 0 radical (unpaired) electrons. The van der Waals surface area contributed by atoms with E-state index in [1.807, 2.05) is 12.1 Å². The lowest BCUT2D eigenvalue weighted by atomic mass is 9.80. The van der Waals surface area contributed by atoms with Crippen molar-refractivity contribution in [2.45, 2.75) is 52.4 Å². The molecule has 5 nitrogen and oxygen atoms in total. The van der Waals surface area contributed by atoms with Crippen LogP contribution >= 0.6 is 0 Å². The van der Waals surface area contributed by atoms with Gasteiger partial charge in [-0.05, 0) is 70.5 Å². The van der Waals surface area contributed by atoms with Crippen molar-refractivity contribution in [1.29, 1.82) is 0 Å². The summed E-state index contributed by atoms with van der Waals surface area (Å²) in [4.78, 5) is 28.4. The maximum absolute atomic E-state index is 13.7. The number of rotatable bonds is 3. The third-order valence-electron chi connectivity index (χ3n) is 5.50. The molecule has 0 unspecified atom stereocenters. The molecule has 2 amide bonds. The fraction of sp³-hybridized carbons (Fsp3) is 0.286. The molecular weight excluding hydrogens is 414 g/mol. The Morgan fingerprint density at radius 1 is 0.636 bits per heavy atom. The molecule has 0 heterocycles. The zero-order valence-corrected chi connectivity index (χ0v) is 20.0. The lowest BCUT2D eigenvalue weighted by molar-refractivity contribution is 0.0897. The molecule has 172 valence electrons. The normalized spacial score (nSPS) is 11.8. The molecule has 3 rings (SSSR count). The molecule has 0 saturated heterocycles. The molecule has 2 N–H and O–H groups in total. The van der Waals surface area contributed by atoms with Crippen molar-refractivity contribution >= 4 is 17.5 Å². The van der Waals surface area contributed by atoms with Crippen LogP contribution in [0.1, 0.15) is 73.4 Å². The summed E-state index contributed by atoms with van der Waals surface area (Å²) >= 11 is 0. The van der Waals surface area contributed by atoms with Crippen LogP contribution in [0.4, 0.5) is 5.69 Å². The van der Waals surface area contributed by atoms with Gasteiger partial charge in [0, 0.05) is 11.1 Å². The summed E-state index contributed by atoms with van der Waals surface area (Å²) in [5, 5.41) is 19.8. The number of amides is 2. The van der Waals surface area contributed by atoms with E-state index in [0.29, 0.717) is 5.69 Å². The van der Waals surface area contributed by atoms with Crippen LogP contribution in [0.25, 0.3) is 0 Å². The minimum absolute atomic E-state index is 0.0653. The van der Waals surface area contributed by atoms with E-state index < -0.39 is 11.8 Å². The Labute approximate surface area is 195 Å². The standard InChI is InChI=1S/C28H31NO4/c1-27(2,3)20-15-21(28(4,5)6)17-22(16-20)29(25(32)18-9-7-11-23(30)13-18)26(33)19-10-8-12-24(31)14-19/h7-17,30-31H,1-6H3. The third-order valence-corrected chi connectivity index (χ3v) is 5.50. The highest BCUT2D eigenvalue weighted by Gasteiger charge is 2.29. The van der Waals surface area contributed by atoms with Crippen LogP contribution in [0.3, 0.4) is 0 Å². The Balaban J connectivity index is 2.27. The molecule has 33 heavy (non-hydrogen) atoms. The highest BCUT2D eigenvalue weighted by molar-refractivity contribution is 6.25. The lowest BCUT2D eigenvalue weighted by Crippen LogP contribution is -2.37. The van der Waals surface area contributed by atoms with Crippen LogP contribution in [0.5, 0.6) is 11.5 Å². The first kappa shape index (κ1) is 24.1. The van der Waals surface area contributed by atoms with E-state index in [1.54, 1.807) is 24.3 Å². The number of hydrogen-bond acceptors (Lipinski definition) is 4. The summed E-state index contributed by atoms with van der Waals surface area (Å²) in [6.07, 6.45) is 0. The van der Waals surface area contributed by atoms with Gasteiger partial charge in [0.05, 0.1) is 5.69 Å². The van der Waals surface area contributed by atoms with Crippen molar-refractivity contribution in [3.8, 4) is 11.5 Å². The van der Waals surface area contributed by atoms with Gasteiger partial charge < -0.3 is 10.2 Å². The van der Waals surface area contributed by atoms with Crippen LogP contribution < -0.4 is 4.90 Å². The Kier molecular flexibility index (Phi) is 6.37. The molecule has 0 aromatic heterocycles. The number of hydrogen-bond donors (Lipinski definition) is 2. The number of anilines is 1. The molecule has 3 aromatic rings. The number of aromatic hydroxyl groups is 2. The average molecular weight is 446 g/mol. The predicted molar refractivity (Wildman–Crippen MR) is 131 cm³/mol. The van der Waals surface area contributed by atoms with Gasteiger partial charge >= 0.3 is 0 Å². The van der Waals surface area contributed by atoms with Crippen molar-refractivity contribution in [2.24, 2.45) is 0 Å².